The Morgan fingerprint density at radius 2 is 2.32 bits per heavy atom. The molecule has 0 amide bonds. The van der Waals surface area contributed by atoms with Gasteiger partial charge in [0.05, 0.1) is 17.2 Å². The summed E-state index contributed by atoms with van der Waals surface area (Å²) in [6, 6.07) is 4.50. The minimum atomic E-state index is -0.428. The molecule has 0 unspecified atom stereocenters. The van der Waals surface area contributed by atoms with Crippen molar-refractivity contribution in [2.24, 2.45) is 0 Å². The van der Waals surface area contributed by atoms with Crippen molar-refractivity contribution in [3.8, 4) is 11.3 Å². The van der Waals surface area contributed by atoms with Gasteiger partial charge in [0.2, 0.25) is 0 Å². The molecule has 2 aromatic rings. The molecule has 0 aliphatic heterocycles. The summed E-state index contributed by atoms with van der Waals surface area (Å²) in [5.41, 5.74) is 0.855. The Morgan fingerprint density at radius 3 is 3.05 bits per heavy atom. The molecule has 0 bridgehead atoms. The van der Waals surface area contributed by atoms with E-state index in [9.17, 15) is 4.39 Å². The largest absolute Gasteiger partial charge is 0.443 e. The topological polar surface area (TPSA) is 47.3 Å². The van der Waals surface area contributed by atoms with Crippen molar-refractivity contribution >= 4 is 11.6 Å². The second-order valence-electron chi connectivity index (χ2n) is 3.89. The van der Waals surface area contributed by atoms with Crippen molar-refractivity contribution in [2.45, 2.75) is 6.54 Å². The number of hydrogen-bond acceptors (Lipinski definition) is 4. The average Bonchev–Trinajstić information content (AvgIpc) is 2.83. The number of nitrogens with one attached hydrogen (secondary N) is 1. The predicted octanol–water partition coefficient (Wildman–Crippen LogP) is 2.87. The van der Waals surface area contributed by atoms with E-state index in [4.69, 9.17) is 20.8 Å². The molecule has 0 saturated heterocycles. The number of oxazole rings is 1. The fourth-order valence-electron chi connectivity index (χ4n) is 1.69. The first kappa shape index (κ1) is 14.0. The summed E-state index contributed by atoms with van der Waals surface area (Å²) in [5, 5.41) is 3.43. The zero-order chi connectivity index (χ0) is 13.7. The third kappa shape index (κ3) is 3.32. The van der Waals surface area contributed by atoms with Crippen LogP contribution in [0.4, 0.5) is 4.39 Å². The van der Waals surface area contributed by atoms with E-state index < -0.39 is 5.82 Å². The van der Waals surface area contributed by atoms with Gasteiger partial charge in [-0.1, -0.05) is 17.7 Å². The molecule has 1 aromatic carbocycles. The second-order valence-corrected chi connectivity index (χ2v) is 4.30. The summed E-state index contributed by atoms with van der Waals surface area (Å²) in [5.74, 6) is -0.0737. The standard InChI is InChI=1S/C13H14ClFN2O2/c1-18-6-5-16-7-11-13(19-8-17-11)12-9(14)3-2-4-10(12)15/h2-4,8,16H,5-7H2,1H3. The first-order valence-electron chi connectivity index (χ1n) is 5.80. The van der Waals surface area contributed by atoms with E-state index in [1.165, 1.54) is 12.5 Å². The molecule has 0 saturated carbocycles. The van der Waals surface area contributed by atoms with Crippen molar-refractivity contribution in [3.05, 3.63) is 41.1 Å². The summed E-state index contributed by atoms with van der Waals surface area (Å²) >= 11 is 6.01. The van der Waals surface area contributed by atoms with Crippen LogP contribution in [0.2, 0.25) is 5.02 Å². The molecule has 2 rings (SSSR count). The Morgan fingerprint density at radius 1 is 1.47 bits per heavy atom. The molecule has 19 heavy (non-hydrogen) atoms. The Bertz CT molecular complexity index is 525. The molecule has 0 spiro atoms. The number of aromatic nitrogens is 1. The van der Waals surface area contributed by atoms with E-state index in [0.717, 1.165) is 0 Å². The van der Waals surface area contributed by atoms with Crippen LogP contribution < -0.4 is 5.32 Å². The number of halogens is 2. The minimum absolute atomic E-state index is 0.241. The predicted molar refractivity (Wildman–Crippen MR) is 70.5 cm³/mol. The summed E-state index contributed by atoms with van der Waals surface area (Å²) in [6.45, 7) is 1.72. The number of nitrogens with zero attached hydrogens (tertiary/aromatic N) is 1. The molecule has 0 atom stereocenters. The molecule has 0 fully saturated rings. The van der Waals surface area contributed by atoms with Crippen molar-refractivity contribution in [3.63, 3.8) is 0 Å². The lowest BCUT2D eigenvalue weighted by Gasteiger charge is -2.06. The number of ether oxygens (including phenoxy) is 1. The van der Waals surface area contributed by atoms with Crippen molar-refractivity contribution < 1.29 is 13.5 Å². The molecular formula is C13H14ClFN2O2. The summed E-state index contributed by atoms with van der Waals surface area (Å²) in [4.78, 5) is 4.08. The van der Waals surface area contributed by atoms with Crippen molar-refractivity contribution in [1.82, 2.24) is 10.3 Å². The molecule has 1 aromatic heterocycles. The fraction of sp³-hybridized carbons (Fsp3) is 0.308. The van der Waals surface area contributed by atoms with E-state index >= 15 is 0 Å². The lowest BCUT2D eigenvalue weighted by atomic mass is 10.1. The van der Waals surface area contributed by atoms with Gasteiger partial charge < -0.3 is 14.5 Å². The molecule has 0 aliphatic carbocycles. The van der Waals surface area contributed by atoms with Gasteiger partial charge in [-0.05, 0) is 12.1 Å². The van der Waals surface area contributed by atoms with Gasteiger partial charge in [-0.2, -0.15) is 0 Å². The smallest absolute Gasteiger partial charge is 0.181 e. The third-order valence-corrected chi connectivity index (χ3v) is 2.92. The van der Waals surface area contributed by atoms with Crippen LogP contribution in [0.25, 0.3) is 11.3 Å². The Kier molecular flexibility index (Phi) is 4.90. The maximum absolute atomic E-state index is 13.8. The molecular weight excluding hydrogens is 271 g/mol. The number of methoxy groups -OCH3 is 1. The van der Waals surface area contributed by atoms with Gasteiger partial charge in [-0.15, -0.1) is 0 Å². The second kappa shape index (κ2) is 6.65. The molecule has 4 nitrogen and oxygen atoms in total. The number of hydrogen-bond donors (Lipinski definition) is 1. The number of rotatable bonds is 6. The fourth-order valence-corrected chi connectivity index (χ4v) is 1.94. The van der Waals surface area contributed by atoms with Gasteiger partial charge in [0.1, 0.15) is 11.5 Å². The molecule has 1 heterocycles. The van der Waals surface area contributed by atoms with Crippen LogP contribution in [0.5, 0.6) is 0 Å². The normalized spacial score (nSPS) is 10.9. The monoisotopic (exact) mass is 284 g/mol. The molecule has 6 heteroatoms. The first-order chi connectivity index (χ1) is 9.24. The number of benzene rings is 1. The Balaban J connectivity index is 2.19. The highest BCUT2D eigenvalue weighted by atomic mass is 35.5. The van der Waals surface area contributed by atoms with Crippen LogP contribution in [0.1, 0.15) is 5.69 Å². The van der Waals surface area contributed by atoms with E-state index in [1.807, 2.05) is 0 Å². The van der Waals surface area contributed by atoms with E-state index in [-0.39, 0.29) is 5.56 Å². The van der Waals surface area contributed by atoms with Crippen LogP contribution in [0.3, 0.4) is 0 Å². The lowest BCUT2D eigenvalue weighted by molar-refractivity contribution is 0.199. The first-order valence-corrected chi connectivity index (χ1v) is 6.18. The summed E-state index contributed by atoms with van der Waals surface area (Å²) in [7, 11) is 1.63. The highest BCUT2D eigenvalue weighted by Crippen LogP contribution is 2.32. The molecule has 0 aliphatic rings. The minimum Gasteiger partial charge on any atom is -0.443 e. The van der Waals surface area contributed by atoms with Gasteiger partial charge in [-0.25, -0.2) is 9.37 Å². The van der Waals surface area contributed by atoms with Crippen molar-refractivity contribution in [1.29, 1.82) is 0 Å². The summed E-state index contributed by atoms with van der Waals surface area (Å²) < 4.78 is 24.0. The molecule has 102 valence electrons. The lowest BCUT2D eigenvalue weighted by Crippen LogP contribution is -2.19. The maximum Gasteiger partial charge on any atom is 0.181 e. The van der Waals surface area contributed by atoms with E-state index in [2.05, 4.69) is 10.3 Å². The zero-order valence-corrected chi connectivity index (χ0v) is 11.2. The average molecular weight is 285 g/mol. The maximum atomic E-state index is 13.8. The Hall–Kier alpha value is -1.43. The van der Waals surface area contributed by atoms with Gasteiger partial charge in [0.25, 0.3) is 0 Å². The van der Waals surface area contributed by atoms with E-state index in [0.29, 0.717) is 36.2 Å². The van der Waals surface area contributed by atoms with Gasteiger partial charge >= 0.3 is 0 Å². The van der Waals surface area contributed by atoms with Crippen molar-refractivity contribution in [2.75, 3.05) is 20.3 Å². The van der Waals surface area contributed by atoms with Gasteiger partial charge in [0, 0.05) is 20.2 Å². The highest BCUT2D eigenvalue weighted by molar-refractivity contribution is 6.33. The van der Waals surface area contributed by atoms with E-state index in [1.54, 1.807) is 19.2 Å². The highest BCUT2D eigenvalue weighted by Gasteiger charge is 2.17. The van der Waals surface area contributed by atoms with Crippen LogP contribution in [0, 0.1) is 5.82 Å². The van der Waals surface area contributed by atoms with Crippen LogP contribution in [0.15, 0.2) is 29.0 Å². The zero-order valence-electron chi connectivity index (χ0n) is 10.5. The summed E-state index contributed by atoms with van der Waals surface area (Å²) in [6.07, 6.45) is 1.28. The van der Waals surface area contributed by atoms with Crippen LogP contribution in [-0.4, -0.2) is 25.2 Å². The van der Waals surface area contributed by atoms with Gasteiger partial charge in [-0.3, -0.25) is 0 Å². The SMILES string of the molecule is COCCNCc1ncoc1-c1c(F)cccc1Cl. The third-order valence-electron chi connectivity index (χ3n) is 2.61. The quantitative estimate of drug-likeness (QED) is 0.829. The molecule has 1 N–H and O–H groups in total. The molecule has 0 radical (unpaired) electrons. The van der Waals surface area contributed by atoms with Crippen LogP contribution >= 0.6 is 11.6 Å². The Labute approximate surface area is 115 Å². The van der Waals surface area contributed by atoms with Gasteiger partial charge in [0.15, 0.2) is 12.2 Å². The van der Waals surface area contributed by atoms with Crippen LogP contribution in [-0.2, 0) is 11.3 Å².